The molecule has 1 amide bonds. The standard InChI is InChI=1S/C19H21N3O4S/c1-12-6-5-7-15(13(12)2)20-18(23)11-27(25,26)14-8-9-16-17(10-14)22(4)19(24)21(16)3/h5-10H,11H2,1-4H3,(H,20,23). The minimum absolute atomic E-state index is 0.00677. The van der Waals surface area contributed by atoms with Crippen LogP contribution in [0.3, 0.4) is 0 Å². The van der Waals surface area contributed by atoms with Gasteiger partial charge in [0, 0.05) is 19.8 Å². The molecule has 8 heteroatoms. The van der Waals surface area contributed by atoms with Gasteiger partial charge >= 0.3 is 5.69 Å². The number of imidazole rings is 1. The van der Waals surface area contributed by atoms with Gasteiger partial charge in [-0.25, -0.2) is 13.2 Å². The number of anilines is 1. The molecular weight excluding hydrogens is 366 g/mol. The summed E-state index contributed by atoms with van der Waals surface area (Å²) in [4.78, 5) is 24.3. The van der Waals surface area contributed by atoms with Crippen molar-refractivity contribution in [2.75, 3.05) is 11.1 Å². The molecule has 3 rings (SSSR count). The van der Waals surface area contributed by atoms with E-state index in [1.807, 2.05) is 19.9 Å². The van der Waals surface area contributed by atoms with Crippen LogP contribution in [-0.2, 0) is 28.7 Å². The Hall–Kier alpha value is -2.87. The number of aryl methyl sites for hydroxylation is 3. The Kier molecular flexibility index (Phi) is 4.69. The highest BCUT2D eigenvalue weighted by molar-refractivity contribution is 7.92. The zero-order valence-electron chi connectivity index (χ0n) is 15.6. The molecule has 0 aliphatic carbocycles. The summed E-state index contributed by atoms with van der Waals surface area (Å²) in [5.74, 6) is -1.28. The van der Waals surface area contributed by atoms with Crippen LogP contribution < -0.4 is 11.0 Å². The van der Waals surface area contributed by atoms with E-state index < -0.39 is 21.5 Å². The van der Waals surface area contributed by atoms with Gasteiger partial charge in [-0.1, -0.05) is 12.1 Å². The molecular formula is C19H21N3O4S. The van der Waals surface area contributed by atoms with Gasteiger partial charge in [-0.05, 0) is 49.2 Å². The van der Waals surface area contributed by atoms with Gasteiger partial charge in [-0.2, -0.15) is 0 Å². The summed E-state index contributed by atoms with van der Waals surface area (Å²) in [7, 11) is -0.652. The van der Waals surface area contributed by atoms with Crippen molar-refractivity contribution in [1.29, 1.82) is 0 Å². The number of benzene rings is 2. The molecule has 0 fully saturated rings. The molecule has 0 bridgehead atoms. The first-order valence-electron chi connectivity index (χ1n) is 8.36. The lowest BCUT2D eigenvalue weighted by Crippen LogP contribution is -2.23. The second kappa shape index (κ2) is 6.70. The summed E-state index contributed by atoms with van der Waals surface area (Å²) in [5, 5.41) is 2.66. The highest BCUT2D eigenvalue weighted by atomic mass is 32.2. The molecule has 0 saturated carbocycles. The van der Waals surface area contributed by atoms with Crippen LogP contribution >= 0.6 is 0 Å². The van der Waals surface area contributed by atoms with Gasteiger partial charge in [-0.3, -0.25) is 13.9 Å². The Morgan fingerprint density at radius 3 is 2.41 bits per heavy atom. The van der Waals surface area contributed by atoms with Crippen molar-refractivity contribution < 1.29 is 13.2 Å². The first-order chi connectivity index (χ1) is 12.6. The first kappa shape index (κ1) is 18.9. The number of hydrogen-bond donors (Lipinski definition) is 1. The van der Waals surface area contributed by atoms with Gasteiger partial charge in [0.1, 0.15) is 5.75 Å². The van der Waals surface area contributed by atoms with Crippen molar-refractivity contribution in [3.63, 3.8) is 0 Å². The number of nitrogens with zero attached hydrogens (tertiary/aromatic N) is 2. The van der Waals surface area contributed by atoms with Crippen LogP contribution in [0.1, 0.15) is 11.1 Å². The Balaban J connectivity index is 1.89. The molecule has 142 valence electrons. The van der Waals surface area contributed by atoms with E-state index >= 15 is 0 Å². The lowest BCUT2D eigenvalue weighted by Gasteiger charge is -2.11. The summed E-state index contributed by atoms with van der Waals surface area (Å²) >= 11 is 0. The predicted octanol–water partition coefficient (Wildman–Crippen LogP) is 1.91. The third kappa shape index (κ3) is 3.40. The molecule has 1 aromatic heterocycles. The molecule has 0 radical (unpaired) electrons. The quantitative estimate of drug-likeness (QED) is 0.740. The van der Waals surface area contributed by atoms with E-state index in [1.165, 1.54) is 21.3 Å². The van der Waals surface area contributed by atoms with Gasteiger partial charge in [-0.15, -0.1) is 0 Å². The average Bonchev–Trinajstić information content (AvgIpc) is 2.82. The highest BCUT2D eigenvalue weighted by Gasteiger charge is 2.21. The van der Waals surface area contributed by atoms with Gasteiger partial charge in [0.2, 0.25) is 5.91 Å². The zero-order chi connectivity index (χ0) is 19.9. The maximum Gasteiger partial charge on any atom is 0.328 e. The summed E-state index contributed by atoms with van der Waals surface area (Å²) in [6.45, 7) is 3.78. The fraction of sp³-hybridized carbons (Fsp3) is 0.263. The molecule has 1 heterocycles. The summed E-state index contributed by atoms with van der Waals surface area (Å²) < 4.78 is 28.2. The number of amides is 1. The second-order valence-corrected chi connectivity index (χ2v) is 8.60. The molecule has 0 atom stereocenters. The third-order valence-electron chi connectivity index (χ3n) is 4.80. The molecule has 1 N–H and O–H groups in total. The smallest absolute Gasteiger partial charge is 0.325 e. The number of sulfone groups is 1. The molecule has 2 aromatic carbocycles. The summed E-state index contributed by atoms with van der Waals surface area (Å²) in [6.07, 6.45) is 0. The van der Waals surface area contributed by atoms with Gasteiger partial charge in [0.05, 0.1) is 15.9 Å². The molecule has 7 nitrogen and oxygen atoms in total. The van der Waals surface area contributed by atoms with E-state index in [2.05, 4.69) is 5.32 Å². The normalized spacial score (nSPS) is 11.7. The number of nitrogens with one attached hydrogen (secondary N) is 1. The van der Waals surface area contributed by atoms with Crippen LogP contribution in [0.4, 0.5) is 5.69 Å². The molecule has 0 saturated heterocycles. The van der Waals surface area contributed by atoms with Crippen molar-refractivity contribution in [2.45, 2.75) is 18.7 Å². The Morgan fingerprint density at radius 1 is 1.04 bits per heavy atom. The van der Waals surface area contributed by atoms with E-state index in [0.717, 1.165) is 11.1 Å². The number of rotatable bonds is 4. The Bertz CT molecular complexity index is 1220. The molecule has 0 aliphatic heterocycles. The maximum absolute atomic E-state index is 12.7. The lowest BCUT2D eigenvalue weighted by atomic mass is 10.1. The minimum Gasteiger partial charge on any atom is -0.325 e. The van der Waals surface area contributed by atoms with Crippen molar-refractivity contribution in [3.8, 4) is 0 Å². The van der Waals surface area contributed by atoms with E-state index in [0.29, 0.717) is 16.7 Å². The van der Waals surface area contributed by atoms with E-state index in [1.54, 1.807) is 32.3 Å². The number of carbonyl (C=O) groups is 1. The van der Waals surface area contributed by atoms with Crippen molar-refractivity contribution in [2.24, 2.45) is 14.1 Å². The minimum atomic E-state index is -3.85. The van der Waals surface area contributed by atoms with Gasteiger partial charge in [0.25, 0.3) is 0 Å². The van der Waals surface area contributed by atoms with Crippen LogP contribution in [0.5, 0.6) is 0 Å². The van der Waals surface area contributed by atoms with Crippen molar-refractivity contribution in [1.82, 2.24) is 9.13 Å². The summed E-state index contributed by atoms with van der Waals surface area (Å²) in [6, 6.07) is 9.88. The van der Waals surface area contributed by atoms with E-state index in [-0.39, 0.29) is 10.6 Å². The van der Waals surface area contributed by atoms with Crippen LogP contribution in [0, 0.1) is 13.8 Å². The van der Waals surface area contributed by atoms with Gasteiger partial charge in [0.15, 0.2) is 9.84 Å². The lowest BCUT2D eigenvalue weighted by molar-refractivity contribution is -0.113. The number of aromatic nitrogens is 2. The van der Waals surface area contributed by atoms with Crippen LogP contribution in [0.2, 0.25) is 0 Å². The topological polar surface area (TPSA) is 90.2 Å². The molecule has 0 aliphatic rings. The predicted molar refractivity (Wildman–Crippen MR) is 105 cm³/mol. The SMILES string of the molecule is Cc1cccc(NC(=O)CS(=O)(=O)c2ccc3c(c2)n(C)c(=O)n3C)c1C. The highest BCUT2D eigenvalue weighted by Crippen LogP contribution is 2.21. The second-order valence-electron chi connectivity index (χ2n) is 6.61. The fourth-order valence-corrected chi connectivity index (χ4v) is 4.16. The zero-order valence-corrected chi connectivity index (χ0v) is 16.4. The van der Waals surface area contributed by atoms with Crippen LogP contribution in [0.25, 0.3) is 11.0 Å². The number of hydrogen-bond acceptors (Lipinski definition) is 4. The maximum atomic E-state index is 12.7. The fourth-order valence-electron chi connectivity index (χ4n) is 3.01. The molecule has 27 heavy (non-hydrogen) atoms. The van der Waals surface area contributed by atoms with Crippen LogP contribution in [0.15, 0.2) is 46.1 Å². The van der Waals surface area contributed by atoms with Crippen LogP contribution in [-0.4, -0.2) is 29.2 Å². The Morgan fingerprint density at radius 2 is 1.70 bits per heavy atom. The largest absolute Gasteiger partial charge is 0.328 e. The monoisotopic (exact) mass is 387 g/mol. The molecule has 0 unspecified atom stereocenters. The third-order valence-corrected chi connectivity index (χ3v) is 6.42. The number of fused-ring (bicyclic) bond motifs is 1. The number of carbonyl (C=O) groups excluding carboxylic acids is 1. The Labute approximate surface area is 157 Å². The van der Waals surface area contributed by atoms with Gasteiger partial charge < -0.3 is 5.32 Å². The average molecular weight is 387 g/mol. The molecule has 0 spiro atoms. The van der Waals surface area contributed by atoms with E-state index in [9.17, 15) is 18.0 Å². The van der Waals surface area contributed by atoms with Crippen molar-refractivity contribution >= 4 is 32.5 Å². The van der Waals surface area contributed by atoms with Crippen molar-refractivity contribution in [3.05, 3.63) is 58.0 Å². The van der Waals surface area contributed by atoms with E-state index in [4.69, 9.17) is 0 Å². The molecule has 3 aromatic rings. The summed E-state index contributed by atoms with van der Waals surface area (Å²) in [5.41, 5.74) is 3.37. The first-order valence-corrected chi connectivity index (χ1v) is 10.0.